The quantitative estimate of drug-likeness (QED) is 0.515. The molecular formula is C15H13BrN2O6S. The van der Waals surface area contributed by atoms with Crippen LogP contribution in [0.3, 0.4) is 0 Å². The summed E-state index contributed by atoms with van der Waals surface area (Å²) in [4.78, 5) is 21.3. The number of nitrogens with one attached hydrogen (secondary N) is 1. The molecule has 1 atom stereocenters. The molecule has 8 nitrogen and oxygen atoms in total. The molecule has 0 heterocycles. The van der Waals surface area contributed by atoms with Crippen LogP contribution in [0.5, 0.6) is 0 Å². The molecule has 2 N–H and O–H groups in total. The van der Waals surface area contributed by atoms with Gasteiger partial charge in [-0.15, -0.1) is 0 Å². The third kappa shape index (κ3) is 5.08. The molecule has 0 saturated heterocycles. The van der Waals surface area contributed by atoms with Gasteiger partial charge >= 0.3 is 5.97 Å². The van der Waals surface area contributed by atoms with Crippen LogP contribution in [0.1, 0.15) is 18.0 Å². The Kier molecular flexibility index (Phi) is 5.88. The number of nitrogens with zero attached hydrogens (tertiary/aromatic N) is 1. The number of carboxylic acids is 1. The Morgan fingerprint density at radius 1 is 1.24 bits per heavy atom. The van der Waals surface area contributed by atoms with Gasteiger partial charge in [-0.05, 0) is 29.8 Å². The van der Waals surface area contributed by atoms with Gasteiger partial charge in [0, 0.05) is 16.6 Å². The Morgan fingerprint density at radius 3 is 2.44 bits per heavy atom. The van der Waals surface area contributed by atoms with Gasteiger partial charge in [-0.1, -0.05) is 28.1 Å². The third-order valence-electron chi connectivity index (χ3n) is 3.28. The number of sulfonamides is 1. The Morgan fingerprint density at radius 2 is 1.88 bits per heavy atom. The van der Waals surface area contributed by atoms with Crippen molar-refractivity contribution in [3.8, 4) is 0 Å². The first-order valence-corrected chi connectivity index (χ1v) is 9.21. The van der Waals surface area contributed by atoms with Crippen LogP contribution in [0.15, 0.2) is 57.9 Å². The number of halogens is 1. The van der Waals surface area contributed by atoms with Crippen molar-refractivity contribution in [1.82, 2.24) is 4.72 Å². The van der Waals surface area contributed by atoms with Crippen LogP contribution in [0, 0.1) is 10.1 Å². The standard InChI is InChI=1S/C15H13BrN2O6S/c16-11-4-6-13(7-5-11)25(23,24)17-14(9-15(19)20)10-2-1-3-12(8-10)18(21)22/h1-8,14,17H,9H2,(H,19,20)/t14-/m0/s1. The fourth-order valence-electron chi connectivity index (χ4n) is 2.13. The van der Waals surface area contributed by atoms with E-state index < -0.39 is 33.4 Å². The first-order chi connectivity index (χ1) is 11.7. The Bertz CT molecular complexity index is 898. The van der Waals surface area contributed by atoms with Crippen LogP contribution in [-0.2, 0) is 14.8 Å². The second kappa shape index (κ2) is 7.72. The summed E-state index contributed by atoms with van der Waals surface area (Å²) in [6.45, 7) is 0. The molecule has 0 fully saturated rings. The van der Waals surface area contributed by atoms with Crippen molar-refractivity contribution in [3.63, 3.8) is 0 Å². The lowest BCUT2D eigenvalue weighted by Gasteiger charge is -2.17. The van der Waals surface area contributed by atoms with Crippen molar-refractivity contribution >= 4 is 37.6 Å². The van der Waals surface area contributed by atoms with Gasteiger partial charge in [-0.25, -0.2) is 13.1 Å². The summed E-state index contributed by atoms with van der Waals surface area (Å²) in [6, 6.07) is 9.84. The van der Waals surface area contributed by atoms with E-state index in [4.69, 9.17) is 5.11 Å². The van der Waals surface area contributed by atoms with E-state index in [2.05, 4.69) is 20.7 Å². The predicted molar refractivity (Wildman–Crippen MR) is 92.6 cm³/mol. The summed E-state index contributed by atoms with van der Waals surface area (Å²) < 4.78 is 27.9. The lowest BCUT2D eigenvalue weighted by molar-refractivity contribution is -0.384. The van der Waals surface area contributed by atoms with Crippen LogP contribution in [0.2, 0.25) is 0 Å². The Labute approximate surface area is 151 Å². The fourth-order valence-corrected chi connectivity index (χ4v) is 3.62. The van der Waals surface area contributed by atoms with Crippen molar-refractivity contribution in [2.75, 3.05) is 0 Å². The summed E-state index contributed by atoms with van der Waals surface area (Å²) in [5, 5.41) is 19.9. The molecule has 0 aromatic heterocycles. The second-order valence-electron chi connectivity index (χ2n) is 5.08. The molecule has 2 aromatic rings. The summed E-state index contributed by atoms with van der Waals surface area (Å²) in [7, 11) is -4.01. The van der Waals surface area contributed by atoms with Gasteiger partial charge in [0.25, 0.3) is 5.69 Å². The van der Waals surface area contributed by atoms with Gasteiger partial charge in [0.05, 0.1) is 22.3 Å². The molecule has 0 bridgehead atoms. The summed E-state index contributed by atoms with van der Waals surface area (Å²) >= 11 is 3.20. The smallest absolute Gasteiger partial charge is 0.305 e. The van der Waals surface area contributed by atoms with Crippen molar-refractivity contribution in [1.29, 1.82) is 0 Å². The average Bonchev–Trinajstić information content (AvgIpc) is 2.54. The highest BCUT2D eigenvalue weighted by molar-refractivity contribution is 9.10. The Hall–Kier alpha value is -2.30. The SMILES string of the molecule is O=C(O)C[C@H](NS(=O)(=O)c1ccc(Br)cc1)c1cccc([N+](=O)[O-])c1. The highest BCUT2D eigenvalue weighted by Crippen LogP contribution is 2.24. The molecule has 10 heteroatoms. The van der Waals surface area contributed by atoms with E-state index in [9.17, 15) is 23.3 Å². The van der Waals surface area contributed by atoms with Crippen molar-refractivity contribution in [3.05, 3.63) is 68.7 Å². The number of hydrogen-bond acceptors (Lipinski definition) is 5. The number of benzene rings is 2. The fraction of sp³-hybridized carbons (Fsp3) is 0.133. The van der Waals surface area contributed by atoms with Crippen molar-refractivity contribution in [2.45, 2.75) is 17.4 Å². The summed E-state index contributed by atoms with van der Waals surface area (Å²) in [6.07, 6.45) is -0.559. The number of rotatable bonds is 7. The molecular weight excluding hydrogens is 416 g/mol. The largest absolute Gasteiger partial charge is 0.481 e. The minimum atomic E-state index is -4.01. The van der Waals surface area contributed by atoms with Crippen molar-refractivity contribution < 1.29 is 23.2 Å². The van der Waals surface area contributed by atoms with Gasteiger partial charge in [0.15, 0.2) is 0 Å². The molecule has 2 rings (SSSR count). The van der Waals surface area contributed by atoms with Gasteiger partial charge < -0.3 is 5.11 Å². The van der Waals surface area contributed by atoms with Crippen LogP contribution in [-0.4, -0.2) is 24.4 Å². The monoisotopic (exact) mass is 428 g/mol. The normalized spacial score (nSPS) is 12.5. The first kappa shape index (κ1) is 19.0. The zero-order valence-electron chi connectivity index (χ0n) is 12.6. The minimum Gasteiger partial charge on any atom is -0.481 e. The van der Waals surface area contributed by atoms with Gasteiger partial charge in [0.2, 0.25) is 10.0 Å². The van der Waals surface area contributed by atoms with Crippen LogP contribution < -0.4 is 4.72 Å². The van der Waals surface area contributed by atoms with Gasteiger partial charge in [-0.3, -0.25) is 14.9 Å². The average molecular weight is 429 g/mol. The lowest BCUT2D eigenvalue weighted by atomic mass is 10.0. The maximum atomic E-state index is 12.5. The van der Waals surface area contributed by atoms with E-state index >= 15 is 0 Å². The molecule has 0 aliphatic carbocycles. The van der Waals surface area contributed by atoms with E-state index in [-0.39, 0.29) is 16.1 Å². The molecule has 0 unspecified atom stereocenters. The van der Waals surface area contributed by atoms with E-state index in [1.165, 1.54) is 42.5 Å². The lowest BCUT2D eigenvalue weighted by Crippen LogP contribution is -2.30. The molecule has 0 spiro atoms. The van der Waals surface area contributed by atoms with Gasteiger partial charge in [0.1, 0.15) is 0 Å². The molecule has 0 radical (unpaired) electrons. The molecule has 132 valence electrons. The van der Waals surface area contributed by atoms with E-state index in [0.717, 1.165) is 6.07 Å². The molecule has 25 heavy (non-hydrogen) atoms. The highest BCUT2D eigenvalue weighted by Gasteiger charge is 2.24. The zero-order valence-corrected chi connectivity index (χ0v) is 15.0. The van der Waals surface area contributed by atoms with E-state index in [0.29, 0.717) is 4.47 Å². The Balaban J connectivity index is 2.38. The maximum Gasteiger partial charge on any atom is 0.305 e. The number of aliphatic carboxylic acids is 1. The summed E-state index contributed by atoms with van der Waals surface area (Å²) in [5.74, 6) is -1.24. The topological polar surface area (TPSA) is 127 Å². The van der Waals surface area contributed by atoms with E-state index in [1.807, 2.05) is 0 Å². The number of non-ortho nitro benzene ring substituents is 1. The number of nitro groups is 1. The maximum absolute atomic E-state index is 12.5. The second-order valence-corrected chi connectivity index (χ2v) is 7.71. The number of nitro benzene ring substituents is 1. The van der Waals surface area contributed by atoms with Crippen LogP contribution in [0.25, 0.3) is 0 Å². The molecule has 0 amide bonds. The first-order valence-electron chi connectivity index (χ1n) is 6.93. The third-order valence-corrected chi connectivity index (χ3v) is 5.30. The molecule has 0 saturated carbocycles. The number of carbonyl (C=O) groups is 1. The minimum absolute atomic E-state index is 0.0449. The molecule has 2 aromatic carbocycles. The molecule has 0 aliphatic heterocycles. The number of carboxylic acid groups (broad SMARTS) is 1. The van der Waals surface area contributed by atoms with E-state index in [1.54, 1.807) is 0 Å². The number of hydrogen-bond donors (Lipinski definition) is 2. The highest BCUT2D eigenvalue weighted by atomic mass is 79.9. The zero-order chi connectivity index (χ0) is 18.6. The molecule has 0 aliphatic rings. The van der Waals surface area contributed by atoms with Crippen LogP contribution >= 0.6 is 15.9 Å². The van der Waals surface area contributed by atoms with Crippen molar-refractivity contribution in [2.24, 2.45) is 0 Å². The van der Waals surface area contributed by atoms with Crippen LogP contribution in [0.4, 0.5) is 5.69 Å². The predicted octanol–water partition coefficient (Wildman–Crippen LogP) is 2.85. The summed E-state index contributed by atoms with van der Waals surface area (Å²) in [5.41, 5.74) is -0.0620. The van der Waals surface area contributed by atoms with Gasteiger partial charge in [-0.2, -0.15) is 0 Å².